The number of aromatic nitrogens is 3. The first-order valence-electron chi connectivity index (χ1n) is 9.93. The van der Waals surface area contributed by atoms with Gasteiger partial charge in [-0.15, -0.1) is 0 Å². The summed E-state index contributed by atoms with van der Waals surface area (Å²) in [5.74, 6) is 0.731. The lowest BCUT2D eigenvalue weighted by Gasteiger charge is -2.19. The number of aliphatic imine (C=N–C) groups is 1. The van der Waals surface area contributed by atoms with Gasteiger partial charge in [0.25, 0.3) is 0 Å². The molecule has 4 rings (SSSR count). The van der Waals surface area contributed by atoms with E-state index in [1.165, 1.54) is 37.7 Å². The Morgan fingerprint density at radius 3 is 2.72 bits per heavy atom. The van der Waals surface area contributed by atoms with Crippen molar-refractivity contribution in [1.82, 2.24) is 14.5 Å². The monoisotopic (exact) mass is 410 g/mol. The molecular weight excluding hydrogens is 384 g/mol. The van der Waals surface area contributed by atoms with Gasteiger partial charge in [0.15, 0.2) is 0 Å². The van der Waals surface area contributed by atoms with Crippen LogP contribution in [0.2, 0.25) is 5.02 Å². The maximum Gasteiger partial charge on any atom is 0.137 e. The van der Waals surface area contributed by atoms with Crippen LogP contribution in [0, 0.1) is 0 Å². The lowest BCUT2D eigenvalue weighted by molar-refractivity contribution is 0.411. The van der Waals surface area contributed by atoms with Gasteiger partial charge < -0.3 is 4.52 Å². The molecule has 1 aliphatic carbocycles. The number of pyridine rings is 1. The van der Waals surface area contributed by atoms with Crippen molar-refractivity contribution in [2.24, 2.45) is 4.99 Å². The van der Waals surface area contributed by atoms with Gasteiger partial charge >= 0.3 is 0 Å². The maximum atomic E-state index is 5.98. The summed E-state index contributed by atoms with van der Waals surface area (Å²) in [6, 6.07) is 3.70. The Morgan fingerprint density at radius 1 is 1.24 bits per heavy atom. The van der Waals surface area contributed by atoms with E-state index in [1.54, 1.807) is 18.7 Å². The van der Waals surface area contributed by atoms with Gasteiger partial charge in [0.1, 0.15) is 11.9 Å². The minimum Gasteiger partial charge on any atom is -0.364 e. The predicted molar refractivity (Wildman–Crippen MR) is 119 cm³/mol. The van der Waals surface area contributed by atoms with Gasteiger partial charge in [-0.2, -0.15) is 0 Å². The van der Waals surface area contributed by atoms with Crippen molar-refractivity contribution in [2.45, 2.75) is 51.9 Å². The van der Waals surface area contributed by atoms with Gasteiger partial charge in [-0.25, -0.2) is 4.98 Å². The summed E-state index contributed by atoms with van der Waals surface area (Å²) in [7, 11) is 0. The van der Waals surface area contributed by atoms with Crippen LogP contribution in [-0.4, -0.2) is 20.3 Å². The minimum absolute atomic E-state index is 0.673. The lowest BCUT2D eigenvalue weighted by Crippen LogP contribution is -2.02. The second kappa shape index (κ2) is 10.2. The first-order chi connectivity index (χ1) is 14.0. The van der Waals surface area contributed by atoms with Gasteiger partial charge in [0.2, 0.25) is 0 Å². The van der Waals surface area contributed by atoms with Crippen molar-refractivity contribution < 1.29 is 4.52 Å². The largest absolute Gasteiger partial charge is 0.364 e. The highest BCUT2D eigenvalue weighted by Crippen LogP contribution is 2.31. The van der Waals surface area contributed by atoms with Crippen LogP contribution in [0.5, 0.6) is 0 Å². The summed E-state index contributed by atoms with van der Waals surface area (Å²) >= 11 is 5.98. The molecule has 0 bridgehead atoms. The van der Waals surface area contributed by atoms with E-state index in [9.17, 15) is 0 Å². The minimum atomic E-state index is 0.673. The van der Waals surface area contributed by atoms with E-state index >= 15 is 0 Å². The van der Waals surface area contributed by atoms with Crippen molar-refractivity contribution in [2.75, 3.05) is 0 Å². The molecule has 1 saturated carbocycles. The highest BCUT2D eigenvalue weighted by atomic mass is 35.5. The van der Waals surface area contributed by atoms with Crippen LogP contribution >= 0.6 is 11.6 Å². The zero-order chi connectivity index (χ0) is 20.6. The number of nitrogens with zero attached hydrogens (tertiary/aromatic N) is 4. The standard InChI is InChI=1S/C14H14ClN3.C9H13NO/c1-10(2)6-7-16-11(3)13-8-17-14-5-4-12(15)9-18(13)14;1-2-4-8(5-3-1)9-6-10-11-7-9/h4-9H,1H2,2-3H3;6-8H,1-5H2/b7-6-,16-11?;. The summed E-state index contributed by atoms with van der Waals surface area (Å²) < 4.78 is 6.74. The fraction of sp³-hybridized carbons (Fsp3) is 0.348. The number of fused-ring (bicyclic) bond motifs is 1. The van der Waals surface area contributed by atoms with Crippen molar-refractivity contribution in [3.63, 3.8) is 0 Å². The summed E-state index contributed by atoms with van der Waals surface area (Å²) in [5, 5.41) is 4.40. The highest BCUT2D eigenvalue weighted by molar-refractivity contribution is 6.30. The fourth-order valence-corrected chi connectivity index (χ4v) is 3.58. The first-order valence-corrected chi connectivity index (χ1v) is 10.3. The number of hydrogen-bond acceptors (Lipinski definition) is 4. The molecule has 1 fully saturated rings. The second-order valence-electron chi connectivity index (χ2n) is 7.39. The topological polar surface area (TPSA) is 55.7 Å². The van der Waals surface area contributed by atoms with E-state index in [2.05, 4.69) is 21.7 Å². The lowest BCUT2D eigenvalue weighted by atomic mass is 9.86. The molecule has 0 spiro atoms. The van der Waals surface area contributed by atoms with E-state index in [0.717, 1.165) is 28.5 Å². The molecule has 0 amide bonds. The zero-order valence-corrected chi connectivity index (χ0v) is 17.8. The zero-order valence-electron chi connectivity index (χ0n) is 17.0. The van der Waals surface area contributed by atoms with Crippen molar-refractivity contribution in [1.29, 1.82) is 0 Å². The Balaban J connectivity index is 0.000000186. The summed E-state index contributed by atoms with van der Waals surface area (Å²) in [6.07, 6.45) is 17.7. The van der Waals surface area contributed by atoms with Crippen LogP contribution < -0.4 is 0 Å². The summed E-state index contributed by atoms with van der Waals surface area (Å²) in [6.45, 7) is 7.65. The van der Waals surface area contributed by atoms with Crippen molar-refractivity contribution in [3.05, 3.63) is 77.7 Å². The Bertz CT molecular complexity index is 995. The van der Waals surface area contributed by atoms with Crippen molar-refractivity contribution in [3.8, 4) is 0 Å². The molecule has 5 nitrogen and oxygen atoms in total. The average Bonchev–Trinajstić information content (AvgIpc) is 3.39. The Labute approximate surface area is 176 Å². The quantitative estimate of drug-likeness (QED) is 0.359. The van der Waals surface area contributed by atoms with Crippen LogP contribution in [-0.2, 0) is 0 Å². The number of hydrogen-bond donors (Lipinski definition) is 0. The SMILES string of the molecule is C=C(C)/C=C\N=C(C)c1cnc2ccc(Cl)cn12.c1nocc1C1CCCCC1. The van der Waals surface area contributed by atoms with Gasteiger partial charge in [0, 0.05) is 18.0 Å². The molecule has 0 radical (unpaired) electrons. The molecule has 6 heteroatoms. The van der Waals surface area contributed by atoms with E-state index in [0.29, 0.717) is 5.02 Å². The van der Waals surface area contributed by atoms with Gasteiger partial charge in [-0.3, -0.25) is 9.39 Å². The molecule has 0 aliphatic heterocycles. The van der Waals surface area contributed by atoms with E-state index in [-0.39, 0.29) is 0 Å². The normalized spacial score (nSPS) is 15.5. The molecular formula is C23H27ClN4O. The van der Waals surface area contributed by atoms with Gasteiger partial charge in [0.05, 0.1) is 28.8 Å². The molecule has 3 aromatic heterocycles. The Morgan fingerprint density at radius 2 is 2.03 bits per heavy atom. The van der Waals surface area contributed by atoms with Crippen molar-refractivity contribution >= 4 is 23.0 Å². The number of imidazole rings is 1. The third-order valence-electron chi connectivity index (χ3n) is 5.00. The van der Waals surface area contributed by atoms with E-state index in [4.69, 9.17) is 16.1 Å². The smallest absolute Gasteiger partial charge is 0.137 e. The molecule has 0 unspecified atom stereocenters. The average molecular weight is 411 g/mol. The fourth-order valence-electron chi connectivity index (χ4n) is 3.42. The Hall–Kier alpha value is -2.66. The number of halogens is 1. The van der Waals surface area contributed by atoms with Gasteiger partial charge in [-0.1, -0.05) is 48.2 Å². The van der Waals surface area contributed by atoms with Crippen LogP contribution in [0.1, 0.15) is 63.1 Å². The molecule has 29 heavy (non-hydrogen) atoms. The van der Waals surface area contributed by atoms with Crippen LogP contribution in [0.25, 0.3) is 5.65 Å². The number of rotatable bonds is 4. The molecule has 0 aromatic carbocycles. The number of allylic oxidation sites excluding steroid dienone is 2. The molecule has 0 N–H and O–H groups in total. The first kappa shape index (κ1) is 21.1. The van der Waals surface area contributed by atoms with E-state index < -0.39 is 0 Å². The molecule has 3 heterocycles. The second-order valence-corrected chi connectivity index (χ2v) is 7.82. The van der Waals surface area contributed by atoms with E-state index in [1.807, 2.05) is 48.9 Å². The molecule has 152 valence electrons. The highest BCUT2D eigenvalue weighted by Gasteiger charge is 2.16. The molecule has 1 aliphatic rings. The summed E-state index contributed by atoms with van der Waals surface area (Å²) in [4.78, 5) is 8.66. The van der Waals surface area contributed by atoms with Crippen LogP contribution in [0.15, 0.2) is 70.9 Å². The third kappa shape index (κ3) is 5.91. The molecule has 0 saturated heterocycles. The third-order valence-corrected chi connectivity index (χ3v) is 5.22. The predicted octanol–water partition coefficient (Wildman–Crippen LogP) is 6.61. The van der Waals surface area contributed by atoms with Crippen LogP contribution in [0.4, 0.5) is 0 Å². The Kier molecular flexibility index (Phi) is 7.42. The van der Waals surface area contributed by atoms with Gasteiger partial charge in [-0.05, 0) is 50.8 Å². The molecule has 0 atom stereocenters. The maximum absolute atomic E-state index is 5.98. The summed E-state index contributed by atoms with van der Waals surface area (Å²) in [5.41, 5.74) is 4.92. The molecule has 3 aromatic rings. The van der Waals surface area contributed by atoms with Crippen LogP contribution in [0.3, 0.4) is 0 Å².